The molecule has 174 valence electrons. The Morgan fingerprint density at radius 2 is 1.94 bits per heavy atom. The Hall–Kier alpha value is -3.04. The van der Waals surface area contributed by atoms with E-state index in [0.29, 0.717) is 50.8 Å². The predicted molar refractivity (Wildman–Crippen MR) is 128 cm³/mol. The number of nitrogens with zero attached hydrogens (tertiary/aromatic N) is 4. The van der Waals surface area contributed by atoms with Gasteiger partial charge in [-0.25, -0.2) is 0 Å². The van der Waals surface area contributed by atoms with Crippen molar-refractivity contribution in [3.63, 3.8) is 0 Å². The van der Waals surface area contributed by atoms with Crippen molar-refractivity contribution in [3.8, 4) is 10.8 Å². The first kappa shape index (κ1) is 23.1. The van der Waals surface area contributed by atoms with Gasteiger partial charge in [0.2, 0.25) is 17.7 Å². The molecule has 3 aromatic rings. The summed E-state index contributed by atoms with van der Waals surface area (Å²) < 4.78 is 5.80. The van der Waals surface area contributed by atoms with E-state index in [1.165, 1.54) is 0 Å². The van der Waals surface area contributed by atoms with Gasteiger partial charge in [-0.2, -0.15) is 0 Å². The zero-order chi connectivity index (χ0) is 23.0. The zero-order valence-electron chi connectivity index (χ0n) is 18.8. The maximum Gasteiger partial charge on any atom is 0.257 e. The van der Waals surface area contributed by atoms with Crippen molar-refractivity contribution in [2.45, 2.75) is 32.7 Å². The van der Waals surface area contributed by atoms with Crippen molar-refractivity contribution in [1.82, 2.24) is 20.0 Å². The summed E-state index contributed by atoms with van der Waals surface area (Å²) in [6, 6.07) is 13.4. The van der Waals surface area contributed by atoms with Crippen molar-refractivity contribution >= 4 is 28.8 Å². The van der Waals surface area contributed by atoms with Gasteiger partial charge in [0.1, 0.15) is 0 Å². The minimum Gasteiger partial charge on any atom is -0.419 e. The molecule has 2 amide bonds. The Balaban J connectivity index is 1.27. The van der Waals surface area contributed by atoms with Gasteiger partial charge < -0.3 is 14.6 Å². The Bertz CT molecular complexity index is 1030. The highest BCUT2D eigenvalue weighted by Crippen LogP contribution is 2.24. The van der Waals surface area contributed by atoms with E-state index in [9.17, 15) is 9.59 Å². The summed E-state index contributed by atoms with van der Waals surface area (Å²) >= 11 is 1.55. The van der Waals surface area contributed by atoms with Crippen LogP contribution in [0.1, 0.15) is 32.1 Å². The number of rotatable bonds is 9. The van der Waals surface area contributed by atoms with Crippen molar-refractivity contribution < 1.29 is 14.0 Å². The third-order valence-corrected chi connectivity index (χ3v) is 6.57. The van der Waals surface area contributed by atoms with Gasteiger partial charge in [0.25, 0.3) is 5.89 Å². The molecule has 1 fully saturated rings. The molecule has 0 aliphatic carbocycles. The van der Waals surface area contributed by atoms with E-state index < -0.39 is 0 Å². The van der Waals surface area contributed by atoms with Crippen LogP contribution in [0.15, 0.2) is 52.3 Å². The van der Waals surface area contributed by atoms with Crippen LogP contribution in [0.25, 0.3) is 10.8 Å². The molecule has 0 unspecified atom stereocenters. The lowest BCUT2D eigenvalue weighted by molar-refractivity contribution is -0.135. The average Bonchev–Trinajstić information content (AvgIpc) is 3.52. The van der Waals surface area contributed by atoms with Crippen molar-refractivity contribution in [3.05, 3.63) is 53.7 Å². The highest BCUT2D eigenvalue weighted by atomic mass is 32.1. The molecule has 0 bridgehead atoms. The monoisotopic (exact) mass is 467 g/mol. The summed E-state index contributed by atoms with van der Waals surface area (Å²) in [5, 5.41) is 13.2. The van der Waals surface area contributed by atoms with E-state index in [0.717, 1.165) is 23.5 Å². The molecule has 0 spiro atoms. The second-order valence-electron chi connectivity index (χ2n) is 8.20. The number of benzene rings is 1. The molecule has 1 aliphatic heterocycles. The van der Waals surface area contributed by atoms with Gasteiger partial charge in [0.15, 0.2) is 0 Å². The largest absolute Gasteiger partial charge is 0.419 e. The van der Waals surface area contributed by atoms with E-state index in [1.807, 2.05) is 57.6 Å². The number of aromatic nitrogens is 2. The maximum atomic E-state index is 13.0. The molecule has 2 aromatic heterocycles. The number of anilines is 1. The minimum absolute atomic E-state index is 0.0267. The van der Waals surface area contributed by atoms with Gasteiger partial charge in [-0.05, 0) is 49.4 Å². The lowest BCUT2D eigenvalue weighted by Gasteiger charge is -2.33. The van der Waals surface area contributed by atoms with Crippen molar-refractivity contribution in [2.75, 3.05) is 31.5 Å². The normalized spacial score (nSPS) is 14.5. The number of carbonyl (C=O) groups is 2. The number of hydrogen-bond acceptors (Lipinski definition) is 7. The van der Waals surface area contributed by atoms with Crippen LogP contribution < -0.4 is 5.32 Å². The summed E-state index contributed by atoms with van der Waals surface area (Å²) in [6.07, 6.45) is 2.26. The summed E-state index contributed by atoms with van der Waals surface area (Å²) in [6.45, 7) is 4.76. The fraction of sp³-hybridized carbons (Fsp3) is 0.417. The maximum absolute atomic E-state index is 13.0. The van der Waals surface area contributed by atoms with Gasteiger partial charge in [0.05, 0.1) is 18.0 Å². The third-order valence-electron chi connectivity index (χ3n) is 5.72. The Labute approximate surface area is 197 Å². The number of piperidine rings is 1. The first-order valence-corrected chi connectivity index (χ1v) is 12.2. The molecular formula is C24H29N5O3S. The standard InChI is InChI=1S/C24H29N5O3S/c1-2-12-28(16-21-26-27-24(32-21)20-9-6-15-33-20)17-22(30)29-13-10-18(11-14-29)23(31)25-19-7-4-3-5-8-19/h3-9,15,18H,2,10-14,16-17H2,1H3,(H,25,31). The van der Waals surface area contributed by atoms with E-state index in [2.05, 4.69) is 22.4 Å². The average molecular weight is 468 g/mol. The van der Waals surface area contributed by atoms with Gasteiger partial charge >= 0.3 is 0 Å². The van der Waals surface area contributed by atoms with Gasteiger partial charge in [-0.15, -0.1) is 21.5 Å². The quantitative estimate of drug-likeness (QED) is 0.513. The molecule has 1 saturated heterocycles. The molecule has 0 saturated carbocycles. The van der Waals surface area contributed by atoms with Crippen LogP contribution in [0.5, 0.6) is 0 Å². The number of carbonyl (C=O) groups excluding carboxylic acids is 2. The molecule has 1 aromatic carbocycles. The van der Waals surface area contributed by atoms with Gasteiger partial charge in [0, 0.05) is 24.7 Å². The van der Waals surface area contributed by atoms with Crippen LogP contribution in [0.3, 0.4) is 0 Å². The van der Waals surface area contributed by atoms with E-state index in [1.54, 1.807) is 11.3 Å². The molecule has 0 radical (unpaired) electrons. The van der Waals surface area contributed by atoms with Crippen LogP contribution in [-0.4, -0.2) is 58.0 Å². The van der Waals surface area contributed by atoms with Crippen LogP contribution in [-0.2, 0) is 16.1 Å². The molecule has 9 heteroatoms. The topological polar surface area (TPSA) is 91.6 Å². The molecular weight excluding hydrogens is 438 g/mol. The van der Waals surface area contributed by atoms with E-state index >= 15 is 0 Å². The number of thiophene rings is 1. The minimum atomic E-state index is -0.0740. The molecule has 1 aliphatic rings. The number of nitrogens with one attached hydrogen (secondary N) is 1. The molecule has 8 nitrogen and oxygen atoms in total. The number of likely N-dealkylation sites (tertiary alicyclic amines) is 1. The third kappa shape index (κ3) is 6.27. The Morgan fingerprint density at radius 3 is 2.64 bits per heavy atom. The van der Waals surface area contributed by atoms with Crippen LogP contribution in [0, 0.1) is 5.92 Å². The summed E-state index contributed by atoms with van der Waals surface area (Å²) in [4.78, 5) is 30.3. The second-order valence-corrected chi connectivity index (χ2v) is 9.15. The smallest absolute Gasteiger partial charge is 0.257 e. The lowest BCUT2D eigenvalue weighted by Crippen LogP contribution is -2.45. The molecule has 4 rings (SSSR count). The summed E-state index contributed by atoms with van der Waals surface area (Å²) in [7, 11) is 0. The van der Waals surface area contributed by atoms with Gasteiger partial charge in [-0.3, -0.25) is 14.5 Å². The lowest BCUT2D eigenvalue weighted by atomic mass is 9.95. The molecule has 33 heavy (non-hydrogen) atoms. The van der Waals surface area contributed by atoms with Crippen molar-refractivity contribution in [2.24, 2.45) is 5.92 Å². The molecule has 1 N–H and O–H groups in total. The summed E-state index contributed by atoms with van der Waals surface area (Å²) in [5.41, 5.74) is 0.805. The Kier molecular flexibility index (Phi) is 7.85. The van der Waals surface area contributed by atoms with E-state index in [4.69, 9.17) is 4.42 Å². The highest BCUT2D eigenvalue weighted by molar-refractivity contribution is 7.13. The van der Waals surface area contributed by atoms with Crippen LogP contribution in [0.4, 0.5) is 5.69 Å². The molecule has 3 heterocycles. The first-order chi connectivity index (χ1) is 16.1. The van der Waals surface area contributed by atoms with Gasteiger partial charge in [-0.1, -0.05) is 31.2 Å². The zero-order valence-corrected chi connectivity index (χ0v) is 19.6. The van der Waals surface area contributed by atoms with Crippen molar-refractivity contribution in [1.29, 1.82) is 0 Å². The van der Waals surface area contributed by atoms with Crippen LogP contribution in [0.2, 0.25) is 0 Å². The SMILES string of the molecule is CCCN(CC(=O)N1CCC(C(=O)Nc2ccccc2)CC1)Cc1nnc(-c2cccs2)o1. The highest BCUT2D eigenvalue weighted by Gasteiger charge is 2.28. The number of para-hydroxylation sites is 1. The second kappa shape index (κ2) is 11.2. The van der Waals surface area contributed by atoms with E-state index in [-0.39, 0.29) is 17.7 Å². The Morgan fingerprint density at radius 1 is 1.15 bits per heavy atom. The predicted octanol–water partition coefficient (Wildman–Crippen LogP) is 3.89. The fourth-order valence-electron chi connectivity index (χ4n) is 3.99. The summed E-state index contributed by atoms with van der Waals surface area (Å²) in [5.74, 6) is 1.05. The fourth-order valence-corrected chi connectivity index (χ4v) is 4.63. The van der Waals surface area contributed by atoms with Crippen LogP contribution >= 0.6 is 11.3 Å². The number of hydrogen-bond donors (Lipinski definition) is 1. The molecule has 0 atom stereocenters. The first-order valence-electron chi connectivity index (χ1n) is 11.3. The number of amides is 2.